The van der Waals surface area contributed by atoms with Gasteiger partial charge in [0, 0.05) is 17.1 Å². The van der Waals surface area contributed by atoms with Crippen molar-refractivity contribution in [1.29, 1.82) is 0 Å². The number of nitrogens with zero attached hydrogens (tertiary/aromatic N) is 2. The number of hydrogen-bond donors (Lipinski definition) is 1. The van der Waals surface area contributed by atoms with Crippen LogP contribution in [0.5, 0.6) is 0 Å². The second kappa shape index (κ2) is 7.53. The van der Waals surface area contributed by atoms with Gasteiger partial charge < -0.3 is 5.32 Å². The molecule has 27 heavy (non-hydrogen) atoms. The van der Waals surface area contributed by atoms with Crippen LogP contribution < -0.4 is 10.9 Å². The van der Waals surface area contributed by atoms with Crippen molar-refractivity contribution in [1.82, 2.24) is 9.55 Å². The van der Waals surface area contributed by atoms with Crippen LogP contribution in [0.3, 0.4) is 0 Å². The topological polar surface area (TPSA) is 64.0 Å². The third kappa shape index (κ3) is 4.55. The first kappa shape index (κ1) is 19.1. The van der Waals surface area contributed by atoms with E-state index in [1.807, 2.05) is 0 Å². The van der Waals surface area contributed by atoms with Crippen molar-refractivity contribution in [2.24, 2.45) is 5.41 Å². The van der Waals surface area contributed by atoms with Gasteiger partial charge in [-0.05, 0) is 42.2 Å². The lowest BCUT2D eigenvalue weighted by molar-refractivity contribution is 0.102. The summed E-state index contributed by atoms with van der Waals surface area (Å²) < 4.78 is 1.60. The summed E-state index contributed by atoms with van der Waals surface area (Å²) in [5.74, 6) is -0.325. The quantitative estimate of drug-likeness (QED) is 0.707. The van der Waals surface area contributed by atoms with Gasteiger partial charge in [-0.3, -0.25) is 14.2 Å². The van der Waals surface area contributed by atoms with Crippen molar-refractivity contribution >= 4 is 34.1 Å². The van der Waals surface area contributed by atoms with Crippen LogP contribution >= 0.6 is 11.6 Å². The molecule has 0 aliphatic heterocycles. The number of amides is 1. The molecule has 1 N–H and O–H groups in total. The molecule has 0 unspecified atom stereocenters. The Morgan fingerprint density at radius 3 is 2.63 bits per heavy atom. The maximum absolute atomic E-state index is 13.0. The molecule has 0 saturated heterocycles. The first-order valence-electron chi connectivity index (χ1n) is 8.80. The van der Waals surface area contributed by atoms with Gasteiger partial charge in [-0.2, -0.15) is 0 Å². The fraction of sp³-hybridized carbons (Fsp3) is 0.286. The van der Waals surface area contributed by atoms with E-state index in [0.717, 1.165) is 6.42 Å². The molecule has 3 aromatic rings. The Balaban J connectivity index is 1.98. The third-order valence-electron chi connectivity index (χ3n) is 4.29. The first-order chi connectivity index (χ1) is 12.7. The predicted molar refractivity (Wildman–Crippen MR) is 109 cm³/mol. The number of aryl methyl sites for hydroxylation is 1. The van der Waals surface area contributed by atoms with Crippen LogP contribution in [-0.2, 0) is 6.54 Å². The molecule has 0 spiro atoms. The second-order valence-corrected chi connectivity index (χ2v) is 8.15. The number of anilines is 1. The number of aromatic nitrogens is 2. The Morgan fingerprint density at radius 1 is 1.19 bits per heavy atom. The molecule has 3 rings (SSSR count). The normalized spacial score (nSPS) is 11.6. The summed E-state index contributed by atoms with van der Waals surface area (Å²) in [5.41, 5.74) is 1.37. The standard InChI is InChI=1S/C21H22ClN3O2/c1-21(2,3)10-11-25-13-23-16-8-5-9-17(18(16)20(25)27)24-19(26)14-6-4-7-15(22)12-14/h4-9,12-13H,10-11H2,1-3H3,(H,24,26). The Hall–Kier alpha value is -2.66. The highest BCUT2D eigenvalue weighted by atomic mass is 35.5. The summed E-state index contributed by atoms with van der Waals surface area (Å²) in [4.78, 5) is 29.9. The molecule has 0 atom stereocenters. The number of fused-ring (bicyclic) bond motifs is 1. The second-order valence-electron chi connectivity index (χ2n) is 7.72. The molecule has 1 heterocycles. The van der Waals surface area contributed by atoms with Crippen LogP contribution in [0.25, 0.3) is 10.9 Å². The summed E-state index contributed by atoms with van der Waals surface area (Å²) in [6, 6.07) is 11.9. The summed E-state index contributed by atoms with van der Waals surface area (Å²) in [6.07, 6.45) is 2.41. The summed E-state index contributed by atoms with van der Waals surface area (Å²) in [6.45, 7) is 6.96. The average molecular weight is 384 g/mol. The minimum Gasteiger partial charge on any atom is -0.321 e. The molecule has 0 saturated carbocycles. The smallest absolute Gasteiger partial charge is 0.263 e. The zero-order chi connectivity index (χ0) is 19.6. The lowest BCUT2D eigenvalue weighted by Crippen LogP contribution is -2.24. The molecule has 0 bridgehead atoms. The van der Waals surface area contributed by atoms with E-state index in [1.165, 1.54) is 0 Å². The zero-order valence-electron chi connectivity index (χ0n) is 15.6. The highest BCUT2D eigenvalue weighted by Crippen LogP contribution is 2.22. The van der Waals surface area contributed by atoms with Crippen LogP contribution in [0.15, 0.2) is 53.6 Å². The number of nitrogens with one attached hydrogen (secondary N) is 1. The van der Waals surface area contributed by atoms with Crippen molar-refractivity contribution in [2.45, 2.75) is 33.7 Å². The minimum atomic E-state index is -0.325. The number of benzene rings is 2. The van der Waals surface area contributed by atoms with E-state index in [-0.39, 0.29) is 16.9 Å². The molecular formula is C21H22ClN3O2. The number of rotatable bonds is 4. The Morgan fingerprint density at radius 2 is 1.93 bits per heavy atom. The van der Waals surface area contributed by atoms with Gasteiger partial charge in [-0.25, -0.2) is 4.98 Å². The zero-order valence-corrected chi connectivity index (χ0v) is 16.4. The van der Waals surface area contributed by atoms with Crippen LogP contribution in [0.1, 0.15) is 37.6 Å². The molecule has 5 nitrogen and oxygen atoms in total. The summed E-state index contributed by atoms with van der Waals surface area (Å²) in [5, 5.41) is 3.70. The molecular weight excluding hydrogens is 362 g/mol. The lowest BCUT2D eigenvalue weighted by Gasteiger charge is -2.18. The Bertz CT molecular complexity index is 1050. The maximum Gasteiger partial charge on any atom is 0.263 e. The van der Waals surface area contributed by atoms with Crippen molar-refractivity contribution in [3.63, 3.8) is 0 Å². The van der Waals surface area contributed by atoms with E-state index in [4.69, 9.17) is 11.6 Å². The van der Waals surface area contributed by atoms with Crippen molar-refractivity contribution < 1.29 is 4.79 Å². The molecule has 6 heteroatoms. The van der Waals surface area contributed by atoms with Gasteiger partial charge in [0.25, 0.3) is 11.5 Å². The average Bonchev–Trinajstić information content (AvgIpc) is 2.60. The van der Waals surface area contributed by atoms with E-state index < -0.39 is 0 Å². The number of carbonyl (C=O) groups is 1. The van der Waals surface area contributed by atoms with Crippen LogP contribution in [-0.4, -0.2) is 15.5 Å². The molecule has 1 amide bonds. The van der Waals surface area contributed by atoms with Gasteiger partial charge in [-0.15, -0.1) is 0 Å². The number of halogens is 1. The lowest BCUT2D eigenvalue weighted by atomic mass is 9.92. The molecule has 0 fully saturated rings. The highest BCUT2D eigenvalue weighted by Gasteiger charge is 2.15. The van der Waals surface area contributed by atoms with Gasteiger partial charge in [0.2, 0.25) is 0 Å². The van der Waals surface area contributed by atoms with Crippen LogP contribution in [0.2, 0.25) is 5.02 Å². The monoisotopic (exact) mass is 383 g/mol. The molecule has 0 aliphatic carbocycles. The van der Waals surface area contributed by atoms with Gasteiger partial charge >= 0.3 is 0 Å². The van der Waals surface area contributed by atoms with Gasteiger partial charge in [-0.1, -0.05) is 44.5 Å². The fourth-order valence-corrected chi connectivity index (χ4v) is 2.93. The largest absolute Gasteiger partial charge is 0.321 e. The number of carbonyl (C=O) groups excluding carboxylic acids is 1. The molecule has 2 aromatic carbocycles. The van der Waals surface area contributed by atoms with Crippen molar-refractivity contribution in [3.05, 3.63) is 69.7 Å². The van der Waals surface area contributed by atoms with Crippen LogP contribution in [0.4, 0.5) is 5.69 Å². The van der Waals surface area contributed by atoms with Crippen molar-refractivity contribution in [3.8, 4) is 0 Å². The van der Waals surface area contributed by atoms with Crippen LogP contribution in [0, 0.1) is 5.41 Å². The minimum absolute atomic E-state index is 0.106. The predicted octanol–water partition coefficient (Wildman–Crippen LogP) is 4.74. The van der Waals surface area contributed by atoms with Gasteiger partial charge in [0.15, 0.2) is 0 Å². The van der Waals surface area contributed by atoms with E-state index in [9.17, 15) is 9.59 Å². The molecule has 1 aromatic heterocycles. The molecule has 140 valence electrons. The maximum atomic E-state index is 13.0. The fourth-order valence-electron chi connectivity index (χ4n) is 2.74. The molecule has 0 radical (unpaired) electrons. The Labute approximate surface area is 163 Å². The third-order valence-corrected chi connectivity index (χ3v) is 4.53. The first-order valence-corrected chi connectivity index (χ1v) is 9.17. The van der Waals surface area contributed by atoms with E-state index in [0.29, 0.717) is 33.7 Å². The Kier molecular flexibility index (Phi) is 5.33. The SMILES string of the molecule is CC(C)(C)CCn1cnc2cccc(NC(=O)c3cccc(Cl)c3)c2c1=O. The van der Waals surface area contributed by atoms with E-state index >= 15 is 0 Å². The van der Waals surface area contributed by atoms with Gasteiger partial charge in [0.1, 0.15) is 0 Å². The summed E-state index contributed by atoms with van der Waals surface area (Å²) >= 11 is 5.96. The number of hydrogen-bond acceptors (Lipinski definition) is 3. The van der Waals surface area contributed by atoms with E-state index in [1.54, 1.807) is 53.4 Å². The van der Waals surface area contributed by atoms with E-state index in [2.05, 4.69) is 31.1 Å². The highest BCUT2D eigenvalue weighted by molar-refractivity contribution is 6.31. The summed E-state index contributed by atoms with van der Waals surface area (Å²) in [7, 11) is 0. The van der Waals surface area contributed by atoms with Crippen molar-refractivity contribution in [2.75, 3.05) is 5.32 Å². The van der Waals surface area contributed by atoms with Gasteiger partial charge in [0.05, 0.1) is 22.9 Å². The molecule has 0 aliphatic rings.